The van der Waals surface area contributed by atoms with Crippen molar-refractivity contribution >= 4 is 27.7 Å². The maximum atomic E-state index is 12.6. The molecule has 4 N–H and O–H groups in total. The molecule has 2 atom stereocenters. The van der Waals surface area contributed by atoms with Crippen LogP contribution in [0.3, 0.4) is 0 Å². The van der Waals surface area contributed by atoms with Gasteiger partial charge in [0.15, 0.2) is 11.5 Å². The summed E-state index contributed by atoms with van der Waals surface area (Å²) in [5.74, 6) is -2.46. The normalized spacial score (nSPS) is 13.1. The molecule has 1 heterocycles. The number of rotatable bonds is 8. The van der Waals surface area contributed by atoms with Gasteiger partial charge in [-0.25, -0.2) is 5.48 Å². The molecular formula is C18H17BrF3N3O6. The fourth-order valence-corrected chi connectivity index (χ4v) is 2.64. The molecule has 0 saturated heterocycles. The number of hydroxylamine groups is 1. The summed E-state index contributed by atoms with van der Waals surface area (Å²) in [6.07, 6.45) is -5.03. The number of ether oxygens (including phenoxy) is 2. The number of aliphatic hydroxyl groups excluding tert-OH is 1. The Labute approximate surface area is 182 Å². The van der Waals surface area contributed by atoms with E-state index in [1.165, 1.54) is 36.7 Å². The number of carbonyl (C=O) groups excluding carboxylic acids is 2. The quantitative estimate of drug-likeness (QED) is 0.318. The Morgan fingerprint density at radius 1 is 1.23 bits per heavy atom. The lowest BCUT2D eigenvalue weighted by atomic mass is 10.1. The number of hydrogen-bond acceptors (Lipinski definition) is 7. The average Bonchev–Trinajstić information content (AvgIpc) is 2.69. The van der Waals surface area contributed by atoms with Crippen LogP contribution in [-0.2, 0) is 11.4 Å². The first-order valence-electron chi connectivity index (χ1n) is 8.56. The van der Waals surface area contributed by atoms with Gasteiger partial charge in [-0.05, 0) is 37.3 Å². The third-order valence-electron chi connectivity index (χ3n) is 3.76. The van der Waals surface area contributed by atoms with E-state index in [-0.39, 0.29) is 23.6 Å². The molecular weight excluding hydrogens is 491 g/mol. The molecule has 2 rings (SSSR count). The van der Waals surface area contributed by atoms with Gasteiger partial charge in [-0.3, -0.25) is 19.8 Å². The van der Waals surface area contributed by atoms with Crippen LogP contribution in [0, 0.1) is 0 Å². The number of nitrogens with zero attached hydrogens (tertiary/aromatic N) is 1. The molecule has 0 fully saturated rings. The van der Waals surface area contributed by atoms with Crippen LogP contribution in [0.4, 0.5) is 13.2 Å². The van der Waals surface area contributed by atoms with Crippen LogP contribution in [0.5, 0.6) is 11.5 Å². The summed E-state index contributed by atoms with van der Waals surface area (Å²) in [6.45, 7) is 1.03. The van der Waals surface area contributed by atoms with Crippen molar-refractivity contribution in [2.45, 2.75) is 32.0 Å². The highest BCUT2D eigenvalue weighted by Gasteiger charge is 2.32. The number of pyridine rings is 1. The van der Waals surface area contributed by atoms with Crippen LogP contribution in [0.25, 0.3) is 0 Å². The Hall–Kier alpha value is -2.90. The summed E-state index contributed by atoms with van der Waals surface area (Å²) in [5, 5.41) is 20.4. The molecule has 0 aliphatic heterocycles. The van der Waals surface area contributed by atoms with E-state index in [0.717, 1.165) is 12.3 Å². The van der Waals surface area contributed by atoms with Crippen molar-refractivity contribution in [1.29, 1.82) is 0 Å². The first-order valence-corrected chi connectivity index (χ1v) is 9.35. The summed E-state index contributed by atoms with van der Waals surface area (Å²) in [6, 6.07) is 5.19. The van der Waals surface area contributed by atoms with E-state index < -0.39 is 36.1 Å². The van der Waals surface area contributed by atoms with Crippen molar-refractivity contribution in [3.63, 3.8) is 0 Å². The fourth-order valence-electron chi connectivity index (χ4n) is 2.30. The van der Waals surface area contributed by atoms with E-state index in [1.54, 1.807) is 0 Å². The van der Waals surface area contributed by atoms with Crippen molar-refractivity contribution in [1.82, 2.24) is 15.8 Å². The zero-order valence-electron chi connectivity index (χ0n) is 15.8. The lowest BCUT2D eigenvalue weighted by Gasteiger charge is -2.19. The van der Waals surface area contributed by atoms with Gasteiger partial charge in [0.05, 0.1) is 17.4 Å². The van der Waals surface area contributed by atoms with E-state index >= 15 is 0 Å². The Kier molecular flexibility index (Phi) is 8.19. The van der Waals surface area contributed by atoms with Gasteiger partial charge in [0.1, 0.15) is 12.6 Å². The predicted octanol–water partition coefficient (Wildman–Crippen LogP) is 2.31. The second-order valence-corrected chi connectivity index (χ2v) is 7.05. The van der Waals surface area contributed by atoms with Gasteiger partial charge in [-0.15, -0.1) is 13.2 Å². The lowest BCUT2D eigenvalue weighted by Crippen LogP contribution is -2.51. The minimum absolute atomic E-state index is 0.0323. The molecule has 1 aromatic carbocycles. The molecule has 2 amide bonds. The smallest absolute Gasteiger partial charge is 0.483 e. The van der Waals surface area contributed by atoms with Crippen molar-refractivity contribution < 1.29 is 42.5 Å². The summed E-state index contributed by atoms with van der Waals surface area (Å²) < 4.78 is 47.3. The molecule has 0 radical (unpaired) electrons. The molecule has 2 aromatic rings. The second-order valence-electron chi connectivity index (χ2n) is 6.13. The van der Waals surface area contributed by atoms with Crippen LogP contribution in [0.1, 0.15) is 23.0 Å². The maximum Gasteiger partial charge on any atom is 0.573 e. The molecule has 31 heavy (non-hydrogen) atoms. The number of carbonyl (C=O) groups is 2. The van der Waals surface area contributed by atoms with Crippen LogP contribution in [-0.4, -0.2) is 45.6 Å². The van der Waals surface area contributed by atoms with Crippen LogP contribution in [0.15, 0.2) is 41.0 Å². The standard InChI is InChI=1S/C18H17BrF3N3O6/c1-9(26)15(17(28)25-29)24-16(27)10-2-4-12(23-7-10)8-30-13-5-3-11(19)6-14(13)31-18(20,21)22/h2-7,9,15,26,29H,8H2,1H3,(H,24,27)(H,25,28)/t9-,15+/m1/s1. The molecule has 9 nitrogen and oxygen atoms in total. The van der Waals surface area contributed by atoms with E-state index in [0.29, 0.717) is 4.47 Å². The molecule has 0 bridgehead atoms. The minimum Gasteiger partial charge on any atom is -0.483 e. The zero-order chi connectivity index (χ0) is 23.2. The molecule has 13 heteroatoms. The molecule has 168 valence electrons. The van der Waals surface area contributed by atoms with Crippen LogP contribution in [0.2, 0.25) is 0 Å². The first-order chi connectivity index (χ1) is 14.5. The third-order valence-corrected chi connectivity index (χ3v) is 4.25. The number of hydrogen-bond donors (Lipinski definition) is 4. The lowest BCUT2D eigenvalue weighted by molar-refractivity contribution is -0.275. The Morgan fingerprint density at radius 2 is 1.94 bits per heavy atom. The number of aliphatic hydroxyl groups is 1. The first kappa shape index (κ1) is 24.4. The van der Waals surface area contributed by atoms with Crippen LogP contribution < -0.4 is 20.3 Å². The summed E-state index contributed by atoms with van der Waals surface area (Å²) >= 11 is 3.05. The second kappa shape index (κ2) is 10.4. The highest BCUT2D eigenvalue weighted by Crippen LogP contribution is 2.35. The number of nitrogens with one attached hydrogen (secondary N) is 2. The number of amides is 2. The molecule has 0 unspecified atom stereocenters. The van der Waals surface area contributed by atoms with Gasteiger partial charge in [0.25, 0.3) is 11.8 Å². The Balaban J connectivity index is 2.05. The van der Waals surface area contributed by atoms with Crippen molar-refractivity contribution in [3.8, 4) is 11.5 Å². The number of halogens is 4. The zero-order valence-corrected chi connectivity index (χ0v) is 17.4. The monoisotopic (exact) mass is 507 g/mol. The fraction of sp³-hybridized carbons (Fsp3) is 0.278. The Morgan fingerprint density at radius 3 is 2.48 bits per heavy atom. The van der Waals surface area contributed by atoms with Crippen molar-refractivity contribution in [2.75, 3.05) is 0 Å². The van der Waals surface area contributed by atoms with E-state index in [1.807, 2.05) is 0 Å². The largest absolute Gasteiger partial charge is 0.573 e. The topological polar surface area (TPSA) is 130 Å². The van der Waals surface area contributed by atoms with Gasteiger partial charge < -0.3 is 19.9 Å². The van der Waals surface area contributed by atoms with Gasteiger partial charge in [0, 0.05) is 10.7 Å². The van der Waals surface area contributed by atoms with E-state index in [2.05, 4.69) is 31.0 Å². The maximum absolute atomic E-state index is 12.6. The third kappa shape index (κ3) is 7.38. The van der Waals surface area contributed by atoms with E-state index in [9.17, 15) is 27.9 Å². The highest BCUT2D eigenvalue weighted by atomic mass is 79.9. The van der Waals surface area contributed by atoms with Crippen molar-refractivity contribution in [2.24, 2.45) is 0 Å². The summed E-state index contributed by atoms with van der Waals surface area (Å²) in [4.78, 5) is 27.7. The molecule has 0 aliphatic carbocycles. The summed E-state index contributed by atoms with van der Waals surface area (Å²) in [7, 11) is 0. The SMILES string of the molecule is C[C@@H](O)[C@H](NC(=O)c1ccc(COc2ccc(Br)cc2OC(F)(F)F)nc1)C(=O)NO. The van der Waals surface area contributed by atoms with E-state index in [4.69, 9.17) is 9.94 Å². The molecule has 1 aromatic heterocycles. The average molecular weight is 508 g/mol. The number of aromatic nitrogens is 1. The number of alkyl halides is 3. The minimum atomic E-state index is -4.90. The molecule has 0 saturated carbocycles. The Bertz CT molecular complexity index is 925. The number of benzene rings is 1. The molecule has 0 spiro atoms. The van der Waals surface area contributed by atoms with Gasteiger partial charge in [0.2, 0.25) is 0 Å². The van der Waals surface area contributed by atoms with Gasteiger partial charge >= 0.3 is 6.36 Å². The highest BCUT2D eigenvalue weighted by molar-refractivity contribution is 9.10. The van der Waals surface area contributed by atoms with Crippen molar-refractivity contribution in [3.05, 3.63) is 52.3 Å². The predicted molar refractivity (Wildman–Crippen MR) is 102 cm³/mol. The van der Waals surface area contributed by atoms with Gasteiger partial charge in [-0.1, -0.05) is 15.9 Å². The molecule has 0 aliphatic rings. The van der Waals surface area contributed by atoms with Gasteiger partial charge in [-0.2, -0.15) is 0 Å². The van der Waals surface area contributed by atoms with Crippen LogP contribution >= 0.6 is 15.9 Å². The summed E-state index contributed by atoms with van der Waals surface area (Å²) in [5.41, 5.74) is 1.66.